The summed E-state index contributed by atoms with van der Waals surface area (Å²) in [4.78, 5) is 4.79. The summed E-state index contributed by atoms with van der Waals surface area (Å²) >= 11 is -2.07. The first kappa shape index (κ1) is 19.4. The van der Waals surface area contributed by atoms with E-state index in [1.165, 1.54) is 26.1 Å². The number of furan rings is 1. The van der Waals surface area contributed by atoms with Gasteiger partial charge in [-0.05, 0) is 0 Å². The molecule has 0 unspecified atom stereocenters. The molecule has 0 N–H and O–H groups in total. The topological polar surface area (TPSA) is 26.0 Å². The molecule has 0 aliphatic rings. The van der Waals surface area contributed by atoms with Crippen molar-refractivity contribution in [3.63, 3.8) is 0 Å². The number of aromatic nitrogens is 1. The zero-order valence-electron chi connectivity index (χ0n) is 18.3. The van der Waals surface area contributed by atoms with Crippen molar-refractivity contribution in [1.29, 1.82) is 0 Å². The number of para-hydroxylation sites is 1. The Hall–Kier alpha value is -2.59. The third kappa shape index (κ3) is 3.05. The molecule has 0 saturated heterocycles. The Labute approximate surface area is 180 Å². The Morgan fingerprint density at radius 2 is 1.53 bits per heavy atom. The van der Waals surface area contributed by atoms with Gasteiger partial charge in [0.15, 0.2) is 0 Å². The minimum atomic E-state index is -2.07. The van der Waals surface area contributed by atoms with Crippen molar-refractivity contribution in [2.45, 2.75) is 37.0 Å². The molecule has 5 rings (SSSR count). The molecule has 150 valence electrons. The summed E-state index contributed by atoms with van der Waals surface area (Å²) in [6.45, 7) is 4.51. The van der Waals surface area contributed by atoms with Gasteiger partial charge in [-0.15, -0.1) is 0 Å². The predicted octanol–water partition coefficient (Wildman–Crippen LogP) is 7.47. The maximum atomic E-state index is 6.59. The molecule has 0 bridgehead atoms. The van der Waals surface area contributed by atoms with Crippen molar-refractivity contribution in [2.75, 3.05) is 0 Å². The predicted molar refractivity (Wildman–Crippen MR) is 132 cm³/mol. The fraction of sp³-hybridized carbons (Fsp3) is 0.222. The van der Waals surface area contributed by atoms with Crippen molar-refractivity contribution < 1.29 is 4.42 Å². The van der Waals surface area contributed by atoms with Gasteiger partial charge < -0.3 is 0 Å². The quantitative estimate of drug-likeness (QED) is 0.265. The van der Waals surface area contributed by atoms with E-state index in [4.69, 9.17) is 9.40 Å². The van der Waals surface area contributed by atoms with Crippen molar-refractivity contribution in [2.24, 2.45) is 0 Å². The Kier molecular flexibility index (Phi) is 4.51. The van der Waals surface area contributed by atoms with Crippen LogP contribution in [0.1, 0.15) is 25.3 Å². The number of hydrogen-bond acceptors (Lipinski definition) is 2. The van der Waals surface area contributed by atoms with E-state index in [0.717, 1.165) is 27.8 Å². The van der Waals surface area contributed by atoms with Crippen molar-refractivity contribution >= 4 is 50.4 Å². The third-order valence-electron chi connectivity index (χ3n) is 6.01. The van der Waals surface area contributed by atoms with Gasteiger partial charge in [-0.3, -0.25) is 0 Å². The van der Waals surface area contributed by atoms with Gasteiger partial charge in [0.25, 0.3) is 0 Å². The molecule has 0 spiro atoms. The van der Waals surface area contributed by atoms with Crippen LogP contribution in [0.5, 0.6) is 0 Å². The van der Waals surface area contributed by atoms with Crippen LogP contribution in [0, 0.1) is 0 Å². The SMILES string of the molecule is CC(C)c1cc(-c2nccc3c2oc2[c]([Ge]([CH3])([CH3])[CH3])cccc23)cc2ccccc12. The summed E-state index contributed by atoms with van der Waals surface area (Å²) in [5, 5.41) is 4.93. The number of rotatable bonds is 3. The van der Waals surface area contributed by atoms with E-state index in [1.807, 2.05) is 6.20 Å². The van der Waals surface area contributed by atoms with Gasteiger partial charge in [0.1, 0.15) is 0 Å². The van der Waals surface area contributed by atoms with Crippen LogP contribution >= 0.6 is 0 Å². The van der Waals surface area contributed by atoms with Crippen LogP contribution in [0.2, 0.25) is 17.3 Å². The zero-order valence-corrected chi connectivity index (χ0v) is 20.4. The molecule has 0 fully saturated rings. The summed E-state index contributed by atoms with van der Waals surface area (Å²) in [7, 11) is 0. The van der Waals surface area contributed by atoms with E-state index in [9.17, 15) is 0 Å². The summed E-state index contributed by atoms with van der Waals surface area (Å²) in [6.07, 6.45) is 1.92. The summed E-state index contributed by atoms with van der Waals surface area (Å²) < 4.78 is 8.01. The molecule has 2 nitrogen and oxygen atoms in total. The van der Waals surface area contributed by atoms with Gasteiger partial charge in [0.05, 0.1) is 0 Å². The number of benzene rings is 3. The van der Waals surface area contributed by atoms with E-state index in [1.54, 1.807) is 0 Å². The molecule has 5 aromatic rings. The molecule has 0 aliphatic carbocycles. The van der Waals surface area contributed by atoms with Gasteiger partial charge >= 0.3 is 180 Å². The molecule has 30 heavy (non-hydrogen) atoms. The van der Waals surface area contributed by atoms with Crippen LogP contribution in [0.3, 0.4) is 0 Å². The molecule has 0 amide bonds. The first-order chi connectivity index (χ1) is 14.3. The van der Waals surface area contributed by atoms with Crippen LogP contribution in [0.25, 0.3) is 44.0 Å². The van der Waals surface area contributed by atoms with E-state index < -0.39 is 13.3 Å². The first-order valence-electron chi connectivity index (χ1n) is 10.7. The van der Waals surface area contributed by atoms with Crippen LogP contribution in [-0.2, 0) is 0 Å². The molecule has 3 aromatic carbocycles. The fourth-order valence-electron chi connectivity index (χ4n) is 4.48. The number of fused-ring (bicyclic) bond motifs is 4. The van der Waals surface area contributed by atoms with Crippen LogP contribution < -0.4 is 4.40 Å². The van der Waals surface area contributed by atoms with Crippen molar-refractivity contribution in [3.05, 3.63) is 72.4 Å². The van der Waals surface area contributed by atoms with Gasteiger partial charge in [-0.1, -0.05) is 0 Å². The second-order valence-corrected chi connectivity index (χ2v) is 20.1. The van der Waals surface area contributed by atoms with Crippen molar-refractivity contribution in [1.82, 2.24) is 4.98 Å². The molecule has 3 heteroatoms. The van der Waals surface area contributed by atoms with Crippen molar-refractivity contribution in [3.8, 4) is 11.3 Å². The first-order valence-corrected chi connectivity index (χ1v) is 18.0. The van der Waals surface area contributed by atoms with Crippen LogP contribution in [-0.4, -0.2) is 18.3 Å². The molecule has 2 heterocycles. The molecule has 0 atom stereocenters. The second kappa shape index (κ2) is 6.99. The monoisotopic (exact) mass is 455 g/mol. The maximum absolute atomic E-state index is 6.59. The van der Waals surface area contributed by atoms with Gasteiger partial charge in [-0.25, -0.2) is 0 Å². The van der Waals surface area contributed by atoms with E-state index >= 15 is 0 Å². The van der Waals surface area contributed by atoms with E-state index in [0.29, 0.717) is 5.92 Å². The van der Waals surface area contributed by atoms with Gasteiger partial charge in [0, 0.05) is 0 Å². The molecule has 0 radical (unpaired) electrons. The number of hydrogen-bond donors (Lipinski definition) is 0. The number of nitrogens with zero attached hydrogens (tertiary/aromatic N) is 1. The average Bonchev–Trinajstić information content (AvgIpc) is 3.10. The normalized spacial score (nSPS) is 12.5. The summed E-state index contributed by atoms with van der Waals surface area (Å²) in [6, 6.07) is 21.9. The van der Waals surface area contributed by atoms with E-state index in [-0.39, 0.29) is 0 Å². The van der Waals surface area contributed by atoms with Gasteiger partial charge in [0.2, 0.25) is 0 Å². The molecule has 0 saturated carbocycles. The van der Waals surface area contributed by atoms with Crippen LogP contribution in [0.15, 0.2) is 71.3 Å². The molecular formula is C27H27GeNO. The molecular weight excluding hydrogens is 427 g/mol. The Balaban J connectivity index is 1.84. The van der Waals surface area contributed by atoms with E-state index in [2.05, 4.69) is 91.8 Å². The second-order valence-electron chi connectivity index (χ2n) is 9.51. The van der Waals surface area contributed by atoms with Crippen LogP contribution in [0.4, 0.5) is 0 Å². The fourth-order valence-corrected chi connectivity index (χ4v) is 7.55. The Morgan fingerprint density at radius 3 is 2.30 bits per heavy atom. The third-order valence-corrected chi connectivity index (χ3v) is 10.2. The molecule has 2 aromatic heterocycles. The molecule has 0 aliphatic heterocycles. The number of pyridine rings is 1. The summed E-state index contributed by atoms with van der Waals surface area (Å²) in [5.41, 5.74) is 5.36. The Morgan fingerprint density at radius 1 is 0.800 bits per heavy atom. The standard InChI is InChI=1S/C27H27GeNO/c1-17(2)23-16-19(15-18-9-6-7-10-20(18)23)25-27-22(13-14-29-25)21-11-8-12-24(26(21)30-27)28(3,4)5/h6-17H,1-5H3. The summed E-state index contributed by atoms with van der Waals surface area (Å²) in [5.74, 6) is 7.68. The van der Waals surface area contributed by atoms with Gasteiger partial charge in [-0.2, -0.15) is 0 Å². The minimum absolute atomic E-state index is 0.435. The Bertz CT molecular complexity index is 1410. The average molecular weight is 454 g/mol. The zero-order chi connectivity index (χ0) is 21.0.